The molecule has 2 aromatic carbocycles. The molecule has 0 radical (unpaired) electrons. The molecule has 2 aromatic rings. The number of hydrogen-bond acceptors (Lipinski definition) is 1. The average Bonchev–Trinajstić information content (AvgIpc) is 2.47. The number of anilines is 2. The van der Waals surface area contributed by atoms with Crippen molar-refractivity contribution in [2.24, 2.45) is 0 Å². The number of nitrogens with zero attached hydrogens (tertiary/aromatic N) is 2. The van der Waals surface area contributed by atoms with Gasteiger partial charge in [-0.15, -0.1) is 4.20 Å². The summed E-state index contributed by atoms with van der Waals surface area (Å²) in [5.41, 5.74) is 1.16. The summed E-state index contributed by atoms with van der Waals surface area (Å²) in [5, 5.41) is 0. The normalized spacial score (nSPS) is 11.1. The average molecular weight is 278 g/mol. The molecule has 0 spiro atoms. The summed E-state index contributed by atoms with van der Waals surface area (Å²) >= 11 is 0. The van der Waals surface area contributed by atoms with Crippen LogP contribution in [0.3, 0.4) is 0 Å². The second kappa shape index (κ2) is 5.45. The van der Waals surface area contributed by atoms with Crippen LogP contribution in [0.5, 0.6) is 0 Å². The largest absolute Gasteiger partial charge is 0.433 e. The van der Waals surface area contributed by atoms with E-state index in [9.17, 15) is 8.76 Å². The van der Waals surface area contributed by atoms with Gasteiger partial charge in [-0.1, -0.05) is 36.4 Å². The fraction of sp³-hybridized carbons (Fsp3) is 0.143. The molecule has 0 bridgehead atoms. The fourth-order valence-corrected chi connectivity index (χ4v) is 3.01. The van der Waals surface area contributed by atoms with E-state index in [1.807, 2.05) is 12.1 Å². The van der Waals surface area contributed by atoms with Crippen molar-refractivity contribution >= 4 is 19.1 Å². The highest BCUT2D eigenvalue weighted by Gasteiger charge is 2.33. The SMILES string of the molecule is CN(c1ccccc1)P(=O)(F)N(C)c1ccccc1. The molecule has 19 heavy (non-hydrogen) atoms. The van der Waals surface area contributed by atoms with Gasteiger partial charge in [0.05, 0.1) is 0 Å². The zero-order valence-corrected chi connectivity index (χ0v) is 11.8. The lowest BCUT2D eigenvalue weighted by Crippen LogP contribution is -2.23. The third-order valence-electron chi connectivity index (χ3n) is 3.00. The highest BCUT2D eigenvalue weighted by atomic mass is 31.2. The molecule has 0 unspecified atom stereocenters. The van der Waals surface area contributed by atoms with Crippen LogP contribution >= 0.6 is 7.75 Å². The molecule has 0 atom stereocenters. The van der Waals surface area contributed by atoms with Crippen molar-refractivity contribution in [1.29, 1.82) is 0 Å². The third-order valence-corrected chi connectivity index (χ3v) is 4.94. The molecule has 0 aromatic heterocycles. The van der Waals surface area contributed by atoms with E-state index in [0.717, 1.165) is 0 Å². The molecule has 0 heterocycles. The van der Waals surface area contributed by atoms with Crippen LogP contribution < -0.4 is 9.34 Å². The van der Waals surface area contributed by atoms with E-state index >= 15 is 0 Å². The van der Waals surface area contributed by atoms with Crippen LogP contribution in [0.4, 0.5) is 15.6 Å². The fourth-order valence-electron chi connectivity index (χ4n) is 1.77. The number of rotatable bonds is 4. The van der Waals surface area contributed by atoms with Gasteiger partial charge in [-0.25, -0.2) is 4.57 Å². The lowest BCUT2D eigenvalue weighted by molar-refractivity contribution is 0.536. The van der Waals surface area contributed by atoms with E-state index in [2.05, 4.69) is 0 Å². The minimum absolute atomic E-state index is 0.580. The number of halogens is 1. The van der Waals surface area contributed by atoms with Crippen LogP contribution in [0.15, 0.2) is 60.7 Å². The molecule has 0 amide bonds. The Balaban J connectivity index is 2.30. The molecular weight excluding hydrogens is 262 g/mol. The molecular formula is C14H16FN2OP. The first-order valence-electron chi connectivity index (χ1n) is 5.91. The maximum atomic E-state index is 14.7. The second-order valence-corrected chi connectivity index (χ2v) is 6.34. The van der Waals surface area contributed by atoms with E-state index in [0.29, 0.717) is 11.4 Å². The Morgan fingerprint density at radius 1 is 0.789 bits per heavy atom. The first-order chi connectivity index (χ1) is 9.03. The smallest absolute Gasteiger partial charge is 0.285 e. The van der Waals surface area contributed by atoms with Crippen molar-refractivity contribution in [2.45, 2.75) is 0 Å². The van der Waals surface area contributed by atoms with E-state index in [4.69, 9.17) is 0 Å². The minimum Gasteiger partial charge on any atom is -0.285 e. The van der Waals surface area contributed by atoms with Gasteiger partial charge in [0.1, 0.15) is 0 Å². The molecule has 100 valence electrons. The number of benzene rings is 2. The van der Waals surface area contributed by atoms with Gasteiger partial charge in [0.2, 0.25) is 0 Å². The first-order valence-corrected chi connectivity index (χ1v) is 7.42. The molecule has 0 fully saturated rings. The summed E-state index contributed by atoms with van der Waals surface area (Å²) in [7, 11) is -1.16. The topological polar surface area (TPSA) is 23.6 Å². The predicted octanol–water partition coefficient (Wildman–Crippen LogP) is 4.34. The zero-order chi connectivity index (χ0) is 13.9. The Morgan fingerprint density at radius 3 is 1.42 bits per heavy atom. The van der Waals surface area contributed by atoms with Gasteiger partial charge < -0.3 is 0 Å². The summed E-state index contributed by atoms with van der Waals surface area (Å²) in [6.07, 6.45) is 0. The standard InChI is InChI=1S/C14H16FN2OP/c1-16(13-9-5-3-6-10-13)19(15,18)17(2)14-11-7-4-8-12-14/h3-12H,1-2H3. The lowest BCUT2D eigenvalue weighted by Gasteiger charge is -2.31. The molecule has 5 heteroatoms. The second-order valence-electron chi connectivity index (χ2n) is 4.19. The molecule has 0 saturated carbocycles. The number of hydrogen-bond donors (Lipinski definition) is 0. The van der Waals surface area contributed by atoms with Gasteiger partial charge in [-0.2, -0.15) is 0 Å². The highest BCUT2D eigenvalue weighted by Crippen LogP contribution is 2.56. The van der Waals surface area contributed by atoms with E-state index in [1.165, 1.54) is 23.4 Å². The summed E-state index contributed by atoms with van der Waals surface area (Å²) < 4.78 is 29.4. The molecule has 0 aliphatic heterocycles. The molecule has 0 aliphatic carbocycles. The Bertz CT molecular complexity index is 527. The zero-order valence-electron chi connectivity index (χ0n) is 10.9. The maximum Gasteiger partial charge on any atom is 0.433 e. The molecule has 0 N–H and O–H groups in total. The van der Waals surface area contributed by atoms with Crippen LogP contribution in [0.25, 0.3) is 0 Å². The van der Waals surface area contributed by atoms with Crippen LogP contribution in [0.2, 0.25) is 0 Å². The summed E-state index contributed by atoms with van der Waals surface area (Å²) in [4.78, 5) is 0. The van der Waals surface area contributed by atoms with Gasteiger partial charge in [-0.3, -0.25) is 9.34 Å². The summed E-state index contributed by atoms with van der Waals surface area (Å²) in [6, 6.07) is 17.7. The maximum absolute atomic E-state index is 14.7. The summed E-state index contributed by atoms with van der Waals surface area (Å²) in [5.74, 6) is 0. The van der Waals surface area contributed by atoms with Crippen molar-refractivity contribution in [3.05, 3.63) is 60.7 Å². The van der Waals surface area contributed by atoms with Gasteiger partial charge in [0.15, 0.2) is 0 Å². The van der Waals surface area contributed by atoms with Gasteiger partial charge >= 0.3 is 7.75 Å². The van der Waals surface area contributed by atoms with E-state index < -0.39 is 7.75 Å². The summed E-state index contributed by atoms with van der Waals surface area (Å²) in [6.45, 7) is 0. The quantitative estimate of drug-likeness (QED) is 0.777. The van der Waals surface area contributed by atoms with Crippen molar-refractivity contribution in [3.8, 4) is 0 Å². The Labute approximate surface area is 112 Å². The molecule has 3 nitrogen and oxygen atoms in total. The highest BCUT2D eigenvalue weighted by molar-refractivity contribution is 7.61. The monoisotopic (exact) mass is 278 g/mol. The van der Waals surface area contributed by atoms with Crippen LogP contribution in [-0.2, 0) is 4.57 Å². The molecule has 2 rings (SSSR count). The Kier molecular flexibility index (Phi) is 3.91. The van der Waals surface area contributed by atoms with Crippen molar-refractivity contribution < 1.29 is 8.76 Å². The third kappa shape index (κ3) is 2.79. The van der Waals surface area contributed by atoms with Gasteiger partial charge in [0, 0.05) is 25.5 Å². The van der Waals surface area contributed by atoms with Crippen molar-refractivity contribution in [3.63, 3.8) is 0 Å². The van der Waals surface area contributed by atoms with Crippen LogP contribution in [0, 0.1) is 0 Å². The van der Waals surface area contributed by atoms with E-state index in [1.54, 1.807) is 48.5 Å². The minimum atomic E-state index is -4.15. The van der Waals surface area contributed by atoms with E-state index in [-0.39, 0.29) is 0 Å². The van der Waals surface area contributed by atoms with Crippen molar-refractivity contribution in [1.82, 2.24) is 0 Å². The molecule has 0 saturated heterocycles. The van der Waals surface area contributed by atoms with Crippen LogP contribution in [0.1, 0.15) is 0 Å². The van der Waals surface area contributed by atoms with Crippen LogP contribution in [-0.4, -0.2) is 14.1 Å². The Morgan fingerprint density at radius 2 is 1.11 bits per heavy atom. The Hall–Kier alpha value is -1.80. The number of para-hydroxylation sites is 2. The predicted molar refractivity (Wildman–Crippen MR) is 78.4 cm³/mol. The van der Waals surface area contributed by atoms with Gasteiger partial charge in [0.25, 0.3) is 0 Å². The lowest BCUT2D eigenvalue weighted by atomic mass is 10.3. The molecule has 0 aliphatic rings. The first kappa shape index (κ1) is 13.6. The van der Waals surface area contributed by atoms with Gasteiger partial charge in [-0.05, 0) is 24.3 Å². The van der Waals surface area contributed by atoms with Crippen molar-refractivity contribution in [2.75, 3.05) is 23.4 Å².